The first kappa shape index (κ1) is 17.9. The van der Waals surface area contributed by atoms with E-state index >= 15 is 0 Å². The van der Waals surface area contributed by atoms with Crippen molar-refractivity contribution in [3.63, 3.8) is 0 Å². The van der Waals surface area contributed by atoms with Crippen molar-refractivity contribution in [2.45, 2.75) is 38.5 Å². The van der Waals surface area contributed by atoms with Crippen LogP contribution in [0.15, 0.2) is 24.5 Å². The number of pyridine rings is 1. The van der Waals surface area contributed by atoms with Crippen molar-refractivity contribution in [1.82, 2.24) is 24.9 Å². The van der Waals surface area contributed by atoms with Gasteiger partial charge < -0.3 is 10.0 Å². The van der Waals surface area contributed by atoms with Gasteiger partial charge in [0.1, 0.15) is 11.9 Å². The molecular formula is C19H25N7O. The number of β-amino-alcohol motifs (C(OH)–C–C–N with tert-alkyl or cyclic N) is 1. The number of nitrogens with zero attached hydrogens (tertiary/aromatic N) is 7. The third-order valence-corrected chi connectivity index (χ3v) is 5.48. The number of hydrogen-bond donors (Lipinski definition) is 1. The van der Waals surface area contributed by atoms with Crippen molar-refractivity contribution in [3.05, 3.63) is 35.8 Å². The van der Waals surface area contributed by atoms with Gasteiger partial charge in [0.25, 0.3) is 0 Å². The van der Waals surface area contributed by atoms with E-state index < -0.39 is 0 Å². The molecule has 2 aliphatic heterocycles. The molecule has 0 spiro atoms. The van der Waals surface area contributed by atoms with Gasteiger partial charge in [0.05, 0.1) is 17.4 Å². The minimum Gasteiger partial charge on any atom is -0.392 e. The molecule has 0 aromatic carbocycles. The summed E-state index contributed by atoms with van der Waals surface area (Å²) in [5.41, 5.74) is 1.57. The second kappa shape index (κ2) is 8.03. The van der Waals surface area contributed by atoms with E-state index in [0.29, 0.717) is 11.5 Å². The number of hydrogen-bond acceptors (Lipinski definition) is 7. The molecule has 1 N–H and O–H groups in total. The highest BCUT2D eigenvalue weighted by molar-refractivity contribution is 5.42. The fourth-order valence-corrected chi connectivity index (χ4v) is 3.93. The maximum Gasteiger partial charge on any atom is 0.128 e. The molecule has 2 aliphatic rings. The predicted molar refractivity (Wildman–Crippen MR) is 99.8 cm³/mol. The first-order valence-corrected chi connectivity index (χ1v) is 9.60. The van der Waals surface area contributed by atoms with E-state index in [1.54, 1.807) is 6.20 Å². The number of anilines is 1. The molecule has 0 amide bonds. The van der Waals surface area contributed by atoms with Crippen LogP contribution in [-0.4, -0.2) is 62.3 Å². The van der Waals surface area contributed by atoms with Gasteiger partial charge in [-0.1, -0.05) is 5.21 Å². The number of aliphatic hydroxyl groups is 1. The molecule has 8 heteroatoms. The van der Waals surface area contributed by atoms with E-state index in [2.05, 4.69) is 31.2 Å². The Morgan fingerprint density at radius 2 is 2.04 bits per heavy atom. The molecule has 0 bridgehead atoms. The lowest BCUT2D eigenvalue weighted by molar-refractivity contribution is 0.174. The summed E-state index contributed by atoms with van der Waals surface area (Å²) in [6, 6.07) is 5.86. The molecule has 142 valence electrons. The first-order valence-electron chi connectivity index (χ1n) is 9.60. The van der Waals surface area contributed by atoms with Gasteiger partial charge in [-0.05, 0) is 37.3 Å². The molecule has 2 saturated heterocycles. The maximum atomic E-state index is 9.62. The van der Waals surface area contributed by atoms with Crippen molar-refractivity contribution in [2.24, 2.45) is 5.92 Å². The van der Waals surface area contributed by atoms with Gasteiger partial charge in [0.15, 0.2) is 0 Å². The average Bonchev–Trinajstić information content (AvgIpc) is 3.31. The van der Waals surface area contributed by atoms with Crippen molar-refractivity contribution in [1.29, 1.82) is 5.26 Å². The summed E-state index contributed by atoms with van der Waals surface area (Å²) in [7, 11) is 0. The molecule has 1 atom stereocenters. The normalized spacial score (nSPS) is 21.5. The maximum absolute atomic E-state index is 9.62. The van der Waals surface area contributed by atoms with Crippen LogP contribution in [0.5, 0.6) is 0 Å². The van der Waals surface area contributed by atoms with Gasteiger partial charge in [0.2, 0.25) is 0 Å². The van der Waals surface area contributed by atoms with Crippen LogP contribution < -0.4 is 4.90 Å². The summed E-state index contributed by atoms with van der Waals surface area (Å²) in [5, 5.41) is 27.1. The van der Waals surface area contributed by atoms with E-state index in [1.165, 1.54) is 0 Å². The quantitative estimate of drug-likeness (QED) is 0.843. The van der Waals surface area contributed by atoms with E-state index in [9.17, 15) is 5.11 Å². The fourth-order valence-electron chi connectivity index (χ4n) is 3.93. The Balaban J connectivity index is 1.26. The number of rotatable bonds is 5. The van der Waals surface area contributed by atoms with Gasteiger partial charge in [-0.3, -0.25) is 9.58 Å². The van der Waals surface area contributed by atoms with E-state index in [0.717, 1.165) is 70.0 Å². The van der Waals surface area contributed by atoms with Crippen LogP contribution >= 0.6 is 0 Å². The van der Waals surface area contributed by atoms with Crippen LogP contribution in [0, 0.1) is 17.2 Å². The van der Waals surface area contributed by atoms with Crippen LogP contribution in [-0.2, 0) is 13.1 Å². The third kappa shape index (κ3) is 4.43. The Kier molecular flexibility index (Phi) is 5.32. The summed E-state index contributed by atoms with van der Waals surface area (Å²) in [6.07, 6.45) is 6.51. The Labute approximate surface area is 159 Å². The zero-order valence-electron chi connectivity index (χ0n) is 15.4. The molecule has 0 aliphatic carbocycles. The molecular weight excluding hydrogens is 342 g/mol. The van der Waals surface area contributed by atoms with E-state index in [-0.39, 0.29) is 6.10 Å². The van der Waals surface area contributed by atoms with Gasteiger partial charge in [0, 0.05) is 51.7 Å². The summed E-state index contributed by atoms with van der Waals surface area (Å²) < 4.78 is 1.96. The zero-order chi connectivity index (χ0) is 18.6. The summed E-state index contributed by atoms with van der Waals surface area (Å²) in [6.45, 7) is 5.25. The minimum absolute atomic E-state index is 0.198. The highest BCUT2D eigenvalue weighted by atomic mass is 16.3. The topological polar surface area (TPSA) is 94.1 Å². The summed E-state index contributed by atoms with van der Waals surface area (Å²) >= 11 is 0. The van der Waals surface area contributed by atoms with Crippen LogP contribution in [0.25, 0.3) is 0 Å². The lowest BCUT2D eigenvalue weighted by Gasteiger charge is -2.32. The van der Waals surface area contributed by atoms with Crippen LogP contribution in [0.3, 0.4) is 0 Å². The predicted octanol–water partition coefficient (Wildman–Crippen LogP) is 1.03. The minimum atomic E-state index is -0.198. The fraction of sp³-hybridized carbons (Fsp3) is 0.579. The second-order valence-corrected chi connectivity index (χ2v) is 7.56. The molecule has 4 rings (SSSR count). The van der Waals surface area contributed by atoms with Gasteiger partial charge in [-0.2, -0.15) is 5.26 Å². The van der Waals surface area contributed by atoms with Crippen molar-refractivity contribution in [2.75, 3.05) is 31.1 Å². The SMILES string of the molecule is N#Cc1ccc(N2CCC(Cn3cc(CN4CC[C@@H](O)C4)nn3)CC2)nc1. The van der Waals surface area contributed by atoms with Crippen molar-refractivity contribution >= 4 is 5.82 Å². The molecule has 0 unspecified atom stereocenters. The molecule has 27 heavy (non-hydrogen) atoms. The number of likely N-dealkylation sites (tertiary alicyclic amines) is 1. The van der Waals surface area contributed by atoms with Gasteiger partial charge in [-0.15, -0.1) is 5.10 Å². The van der Waals surface area contributed by atoms with Gasteiger partial charge >= 0.3 is 0 Å². The first-order chi connectivity index (χ1) is 13.2. The van der Waals surface area contributed by atoms with E-state index in [4.69, 9.17) is 5.26 Å². The van der Waals surface area contributed by atoms with E-state index in [1.807, 2.05) is 23.0 Å². The molecule has 8 nitrogen and oxygen atoms in total. The molecule has 0 saturated carbocycles. The summed E-state index contributed by atoms with van der Waals surface area (Å²) in [5.74, 6) is 1.53. The zero-order valence-corrected chi connectivity index (χ0v) is 15.4. The number of aliphatic hydroxyl groups excluding tert-OH is 1. The lowest BCUT2D eigenvalue weighted by atomic mass is 9.97. The molecule has 2 aromatic heterocycles. The second-order valence-electron chi connectivity index (χ2n) is 7.56. The van der Waals surface area contributed by atoms with Crippen molar-refractivity contribution in [3.8, 4) is 6.07 Å². The Morgan fingerprint density at radius 3 is 2.70 bits per heavy atom. The highest BCUT2D eigenvalue weighted by Gasteiger charge is 2.23. The molecule has 0 radical (unpaired) electrons. The Bertz CT molecular complexity index is 789. The lowest BCUT2D eigenvalue weighted by Crippen LogP contribution is -2.35. The number of aromatic nitrogens is 4. The van der Waals surface area contributed by atoms with Crippen LogP contribution in [0.2, 0.25) is 0 Å². The van der Waals surface area contributed by atoms with Gasteiger partial charge in [-0.25, -0.2) is 4.98 Å². The largest absolute Gasteiger partial charge is 0.392 e. The Hall–Kier alpha value is -2.50. The average molecular weight is 367 g/mol. The molecule has 4 heterocycles. The molecule has 2 aromatic rings. The smallest absolute Gasteiger partial charge is 0.128 e. The summed E-state index contributed by atoms with van der Waals surface area (Å²) in [4.78, 5) is 8.90. The third-order valence-electron chi connectivity index (χ3n) is 5.48. The molecule has 2 fully saturated rings. The number of piperidine rings is 1. The van der Waals surface area contributed by atoms with Crippen molar-refractivity contribution < 1.29 is 5.11 Å². The van der Waals surface area contributed by atoms with Crippen LogP contribution in [0.1, 0.15) is 30.5 Å². The monoisotopic (exact) mass is 367 g/mol. The standard InChI is InChI=1S/C19H25N7O/c20-9-16-1-2-19(21-10-16)25-7-3-15(4-8-25)11-26-13-17(22-23-26)12-24-6-5-18(27)14-24/h1-2,10,13,15,18,27H,3-8,11-12,14H2/t18-/m1/s1. The number of nitriles is 1. The van der Waals surface area contributed by atoms with Crippen LogP contribution in [0.4, 0.5) is 5.82 Å². The highest BCUT2D eigenvalue weighted by Crippen LogP contribution is 2.23. The Morgan fingerprint density at radius 1 is 1.19 bits per heavy atom.